The average molecular weight is 299 g/mol. The smallest absolute Gasteiger partial charge is 0.254 e. The van der Waals surface area contributed by atoms with Crippen LogP contribution in [0.4, 0.5) is 0 Å². The molecule has 0 aliphatic carbocycles. The largest absolute Gasteiger partial charge is 0.336 e. The van der Waals surface area contributed by atoms with E-state index in [2.05, 4.69) is 22.1 Å². The van der Waals surface area contributed by atoms with Crippen LogP contribution >= 0.6 is 0 Å². The van der Waals surface area contributed by atoms with Crippen molar-refractivity contribution in [1.29, 1.82) is 0 Å². The Balaban J connectivity index is 1.84. The normalized spacial score (nSPS) is 21.3. The fraction of sp³-hybridized carbons (Fsp3) is 0.438. The summed E-state index contributed by atoms with van der Waals surface area (Å²) in [6.07, 6.45) is 0.974. The molecule has 6 nitrogen and oxygen atoms in total. The van der Waals surface area contributed by atoms with Gasteiger partial charge < -0.3 is 10.6 Å². The number of nitrogens with one attached hydrogen (secondary N) is 1. The molecule has 116 valence electrons. The highest BCUT2D eigenvalue weighted by atomic mass is 16.2. The van der Waals surface area contributed by atoms with Gasteiger partial charge in [-0.2, -0.15) is 5.10 Å². The number of benzene rings is 1. The van der Waals surface area contributed by atoms with E-state index in [0.717, 1.165) is 24.4 Å². The molecule has 1 aromatic carbocycles. The topological polar surface area (TPSA) is 87.9 Å². The first kappa shape index (κ1) is 14.7. The van der Waals surface area contributed by atoms with Crippen LogP contribution in [0.1, 0.15) is 29.5 Å². The summed E-state index contributed by atoms with van der Waals surface area (Å²) in [5.74, 6) is 1.82. The lowest BCUT2D eigenvalue weighted by Gasteiger charge is -2.21. The number of aryl methyl sites for hydroxylation is 1. The van der Waals surface area contributed by atoms with E-state index >= 15 is 0 Å². The second kappa shape index (κ2) is 5.88. The minimum Gasteiger partial charge on any atom is -0.336 e. The molecular formula is C16H21N5O. The average Bonchev–Trinajstić information content (AvgIpc) is 3.12. The van der Waals surface area contributed by atoms with Gasteiger partial charge in [-0.3, -0.25) is 9.89 Å². The van der Waals surface area contributed by atoms with Gasteiger partial charge in [0.2, 0.25) is 0 Å². The van der Waals surface area contributed by atoms with Gasteiger partial charge in [0, 0.05) is 23.7 Å². The maximum absolute atomic E-state index is 12.7. The zero-order valence-electron chi connectivity index (χ0n) is 12.9. The summed E-state index contributed by atoms with van der Waals surface area (Å²) in [5, 5.41) is 6.97. The summed E-state index contributed by atoms with van der Waals surface area (Å²) in [4.78, 5) is 19.0. The summed E-state index contributed by atoms with van der Waals surface area (Å²) in [7, 11) is 0. The van der Waals surface area contributed by atoms with E-state index in [1.807, 2.05) is 36.1 Å². The van der Waals surface area contributed by atoms with Gasteiger partial charge in [-0.25, -0.2) is 4.98 Å². The zero-order valence-corrected chi connectivity index (χ0v) is 12.9. The number of hydrogen-bond acceptors (Lipinski definition) is 4. The minimum atomic E-state index is 0.0533. The second-order valence-electron chi connectivity index (χ2n) is 5.97. The number of aromatic amines is 1. The van der Waals surface area contributed by atoms with Crippen LogP contribution in [0, 0.1) is 12.8 Å². The maximum atomic E-state index is 12.7. The Morgan fingerprint density at radius 2 is 2.32 bits per heavy atom. The summed E-state index contributed by atoms with van der Waals surface area (Å²) in [6.45, 7) is 5.30. The number of carbonyl (C=O) groups excluding carboxylic acids is 1. The molecule has 0 radical (unpaired) electrons. The number of nitrogens with two attached hydrogens (primary N) is 1. The molecule has 6 heteroatoms. The van der Waals surface area contributed by atoms with E-state index in [0.29, 0.717) is 23.9 Å². The molecule has 1 amide bonds. The number of rotatable bonds is 3. The highest BCUT2D eigenvalue weighted by molar-refractivity contribution is 5.95. The molecule has 2 atom stereocenters. The van der Waals surface area contributed by atoms with Crippen LogP contribution in [0.3, 0.4) is 0 Å². The van der Waals surface area contributed by atoms with Crippen molar-refractivity contribution in [3.8, 4) is 11.4 Å². The van der Waals surface area contributed by atoms with Crippen LogP contribution in [0.25, 0.3) is 11.4 Å². The van der Waals surface area contributed by atoms with Gasteiger partial charge in [-0.1, -0.05) is 12.1 Å². The molecule has 1 fully saturated rings. The third-order valence-electron chi connectivity index (χ3n) is 4.22. The second-order valence-corrected chi connectivity index (χ2v) is 5.97. The minimum absolute atomic E-state index is 0.0533. The van der Waals surface area contributed by atoms with Crippen molar-refractivity contribution in [3.05, 3.63) is 35.7 Å². The standard InChI is InChI=1S/C16H21N5O/c1-10-6-12(8-17)9-21(10)16(22)14-5-3-4-13(7-14)15-18-11(2)19-20-15/h3-5,7,10,12H,6,8-9,17H2,1-2H3,(H,18,19,20). The third kappa shape index (κ3) is 2.74. The van der Waals surface area contributed by atoms with Crippen molar-refractivity contribution >= 4 is 5.91 Å². The molecule has 1 aromatic heterocycles. The van der Waals surface area contributed by atoms with Crippen LogP contribution in [-0.2, 0) is 0 Å². The van der Waals surface area contributed by atoms with Crippen molar-refractivity contribution in [2.24, 2.45) is 11.7 Å². The number of aromatic nitrogens is 3. The van der Waals surface area contributed by atoms with Crippen LogP contribution in [-0.4, -0.2) is 45.1 Å². The number of hydrogen-bond donors (Lipinski definition) is 2. The number of likely N-dealkylation sites (tertiary alicyclic amines) is 1. The van der Waals surface area contributed by atoms with Crippen molar-refractivity contribution in [2.75, 3.05) is 13.1 Å². The molecule has 1 aliphatic heterocycles. The molecule has 22 heavy (non-hydrogen) atoms. The number of nitrogens with zero attached hydrogens (tertiary/aromatic N) is 3. The third-order valence-corrected chi connectivity index (χ3v) is 4.22. The van der Waals surface area contributed by atoms with Crippen molar-refractivity contribution in [1.82, 2.24) is 20.1 Å². The van der Waals surface area contributed by atoms with Gasteiger partial charge in [0.15, 0.2) is 5.82 Å². The Morgan fingerprint density at radius 1 is 1.50 bits per heavy atom. The van der Waals surface area contributed by atoms with Gasteiger partial charge >= 0.3 is 0 Å². The predicted octanol–water partition coefficient (Wildman–Crippen LogP) is 1.59. The van der Waals surface area contributed by atoms with Crippen molar-refractivity contribution in [3.63, 3.8) is 0 Å². The fourth-order valence-corrected chi connectivity index (χ4v) is 3.03. The molecule has 1 aliphatic rings. The van der Waals surface area contributed by atoms with E-state index < -0.39 is 0 Å². The van der Waals surface area contributed by atoms with Gasteiger partial charge in [-0.05, 0) is 44.9 Å². The molecule has 0 saturated carbocycles. The molecule has 3 N–H and O–H groups in total. The van der Waals surface area contributed by atoms with Crippen LogP contribution in [0.2, 0.25) is 0 Å². The fourth-order valence-electron chi connectivity index (χ4n) is 3.03. The SMILES string of the molecule is Cc1nc(-c2cccc(C(=O)N3CC(CN)CC3C)c2)n[nH]1. The first-order valence-corrected chi connectivity index (χ1v) is 7.59. The molecular weight excluding hydrogens is 278 g/mol. The van der Waals surface area contributed by atoms with E-state index in [9.17, 15) is 4.79 Å². The molecule has 0 spiro atoms. The zero-order chi connectivity index (χ0) is 15.7. The van der Waals surface area contributed by atoms with E-state index in [4.69, 9.17) is 5.73 Å². The lowest BCUT2D eigenvalue weighted by molar-refractivity contribution is 0.0743. The molecule has 2 unspecified atom stereocenters. The Bertz CT molecular complexity index is 681. The first-order valence-electron chi connectivity index (χ1n) is 7.59. The van der Waals surface area contributed by atoms with Gasteiger partial charge in [-0.15, -0.1) is 0 Å². The molecule has 2 heterocycles. The van der Waals surface area contributed by atoms with E-state index in [-0.39, 0.29) is 11.9 Å². The predicted molar refractivity (Wildman–Crippen MR) is 84.2 cm³/mol. The van der Waals surface area contributed by atoms with Crippen molar-refractivity contribution in [2.45, 2.75) is 26.3 Å². The molecule has 0 bridgehead atoms. The number of H-pyrrole nitrogens is 1. The van der Waals surface area contributed by atoms with Gasteiger partial charge in [0.05, 0.1) is 0 Å². The highest BCUT2D eigenvalue weighted by Crippen LogP contribution is 2.25. The van der Waals surface area contributed by atoms with E-state index in [1.54, 1.807) is 0 Å². The lowest BCUT2D eigenvalue weighted by Crippen LogP contribution is -2.34. The Hall–Kier alpha value is -2.21. The van der Waals surface area contributed by atoms with Crippen LogP contribution < -0.4 is 5.73 Å². The van der Waals surface area contributed by atoms with Crippen molar-refractivity contribution < 1.29 is 4.79 Å². The van der Waals surface area contributed by atoms with Crippen LogP contribution in [0.15, 0.2) is 24.3 Å². The molecule has 1 saturated heterocycles. The summed E-state index contributed by atoms with van der Waals surface area (Å²) < 4.78 is 0. The van der Waals surface area contributed by atoms with E-state index in [1.165, 1.54) is 0 Å². The lowest BCUT2D eigenvalue weighted by atomic mass is 10.1. The Morgan fingerprint density at radius 3 is 2.95 bits per heavy atom. The highest BCUT2D eigenvalue weighted by Gasteiger charge is 2.32. The summed E-state index contributed by atoms with van der Waals surface area (Å²) >= 11 is 0. The number of carbonyl (C=O) groups is 1. The monoisotopic (exact) mass is 299 g/mol. The summed E-state index contributed by atoms with van der Waals surface area (Å²) in [5.41, 5.74) is 7.26. The van der Waals surface area contributed by atoms with Gasteiger partial charge in [0.25, 0.3) is 5.91 Å². The molecule has 2 aromatic rings. The number of amides is 1. The molecule has 3 rings (SSSR count). The summed E-state index contributed by atoms with van der Waals surface area (Å²) in [6, 6.07) is 7.71. The Kier molecular flexibility index (Phi) is 3.94. The first-order chi connectivity index (χ1) is 10.6. The maximum Gasteiger partial charge on any atom is 0.254 e. The van der Waals surface area contributed by atoms with Crippen LogP contribution in [0.5, 0.6) is 0 Å². The quantitative estimate of drug-likeness (QED) is 0.901. The van der Waals surface area contributed by atoms with Gasteiger partial charge in [0.1, 0.15) is 5.82 Å². The Labute approximate surface area is 129 Å².